The van der Waals surface area contributed by atoms with Crippen LogP contribution in [-0.2, 0) is 4.79 Å². The molecule has 0 spiro atoms. The molecule has 0 bridgehead atoms. The van der Waals surface area contributed by atoms with E-state index in [1.54, 1.807) is 0 Å². The third-order valence-corrected chi connectivity index (χ3v) is 2.69. The van der Waals surface area contributed by atoms with Crippen LogP contribution >= 0.6 is 0 Å². The molecule has 0 saturated carbocycles. The number of carbonyl (C=O) groups is 1. The molecule has 19 heavy (non-hydrogen) atoms. The molecule has 3 nitrogen and oxygen atoms in total. The van der Waals surface area contributed by atoms with Gasteiger partial charge in [0.25, 0.3) is 5.91 Å². The molecular formula is C16H17NO2. The number of hydrogen-bond acceptors (Lipinski definition) is 2. The monoisotopic (exact) mass is 255 g/mol. The molecule has 0 heterocycles. The second kappa shape index (κ2) is 6.59. The molecule has 1 amide bonds. The zero-order chi connectivity index (χ0) is 13.5. The summed E-state index contributed by atoms with van der Waals surface area (Å²) < 4.78 is 5.80. The van der Waals surface area contributed by atoms with Gasteiger partial charge in [-0.2, -0.15) is 0 Å². The van der Waals surface area contributed by atoms with E-state index < -0.39 is 6.10 Å². The van der Waals surface area contributed by atoms with Crippen LogP contribution in [0.2, 0.25) is 0 Å². The van der Waals surface area contributed by atoms with E-state index in [0.717, 1.165) is 5.56 Å². The lowest BCUT2D eigenvalue weighted by molar-refractivity contribution is -0.128. The summed E-state index contributed by atoms with van der Waals surface area (Å²) in [6.07, 6.45) is -0.622. The van der Waals surface area contributed by atoms with E-state index in [1.807, 2.05) is 67.6 Å². The van der Waals surface area contributed by atoms with Crippen LogP contribution < -0.4 is 10.1 Å². The van der Waals surface area contributed by atoms with Crippen LogP contribution in [0.3, 0.4) is 0 Å². The predicted molar refractivity (Wildman–Crippen MR) is 74.9 cm³/mol. The van der Waals surface area contributed by atoms with Crippen molar-refractivity contribution in [2.24, 2.45) is 0 Å². The van der Waals surface area contributed by atoms with Crippen molar-refractivity contribution < 1.29 is 9.53 Å². The molecule has 1 N–H and O–H groups in total. The Balaban J connectivity index is 2.22. The fraction of sp³-hybridized carbons (Fsp3) is 0.188. The summed E-state index contributed by atoms with van der Waals surface area (Å²) in [5.74, 6) is 0.556. The first-order valence-electron chi connectivity index (χ1n) is 6.35. The highest BCUT2D eigenvalue weighted by atomic mass is 16.5. The summed E-state index contributed by atoms with van der Waals surface area (Å²) in [6.45, 7) is 2.47. The highest BCUT2D eigenvalue weighted by Gasteiger charge is 2.21. The van der Waals surface area contributed by atoms with Crippen molar-refractivity contribution in [2.45, 2.75) is 13.0 Å². The summed E-state index contributed by atoms with van der Waals surface area (Å²) >= 11 is 0. The molecule has 0 fully saturated rings. The van der Waals surface area contributed by atoms with Gasteiger partial charge in [0.05, 0.1) is 0 Å². The van der Waals surface area contributed by atoms with Crippen LogP contribution in [0, 0.1) is 0 Å². The van der Waals surface area contributed by atoms with Crippen molar-refractivity contribution in [3.05, 3.63) is 66.2 Å². The van der Waals surface area contributed by atoms with Crippen molar-refractivity contribution in [2.75, 3.05) is 6.54 Å². The summed E-state index contributed by atoms with van der Waals surface area (Å²) in [6, 6.07) is 18.9. The quantitative estimate of drug-likeness (QED) is 0.892. The van der Waals surface area contributed by atoms with Gasteiger partial charge in [-0.25, -0.2) is 0 Å². The van der Waals surface area contributed by atoms with E-state index in [1.165, 1.54) is 0 Å². The van der Waals surface area contributed by atoms with Crippen molar-refractivity contribution >= 4 is 5.91 Å². The maximum Gasteiger partial charge on any atom is 0.265 e. The van der Waals surface area contributed by atoms with Crippen LogP contribution in [-0.4, -0.2) is 12.5 Å². The van der Waals surface area contributed by atoms with Gasteiger partial charge >= 0.3 is 0 Å². The van der Waals surface area contributed by atoms with Gasteiger partial charge in [0.1, 0.15) is 5.75 Å². The lowest BCUT2D eigenvalue weighted by atomic mass is 10.1. The molecule has 0 aliphatic rings. The summed E-state index contributed by atoms with van der Waals surface area (Å²) in [5, 5.41) is 2.80. The number of likely N-dealkylation sites (N-methyl/N-ethyl adjacent to an activating group) is 1. The molecule has 1 unspecified atom stereocenters. The number of amides is 1. The molecule has 2 aromatic rings. The van der Waals surface area contributed by atoms with Crippen LogP contribution in [0.25, 0.3) is 0 Å². The van der Waals surface area contributed by atoms with Crippen molar-refractivity contribution in [1.29, 1.82) is 0 Å². The SMILES string of the molecule is CCNC(=O)C(Oc1ccccc1)c1ccccc1. The molecule has 2 aromatic carbocycles. The zero-order valence-corrected chi connectivity index (χ0v) is 10.9. The third kappa shape index (κ3) is 3.58. The van der Waals surface area contributed by atoms with E-state index in [0.29, 0.717) is 12.3 Å². The van der Waals surface area contributed by atoms with E-state index in [4.69, 9.17) is 4.74 Å². The van der Waals surface area contributed by atoms with E-state index >= 15 is 0 Å². The number of nitrogens with one attached hydrogen (secondary N) is 1. The maximum absolute atomic E-state index is 12.1. The van der Waals surface area contributed by atoms with Crippen LogP contribution in [0.5, 0.6) is 5.75 Å². The molecule has 3 heteroatoms. The molecule has 0 saturated heterocycles. The third-order valence-electron chi connectivity index (χ3n) is 2.69. The Morgan fingerprint density at radius 2 is 1.63 bits per heavy atom. The average Bonchev–Trinajstić information content (AvgIpc) is 2.47. The summed E-state index contributed by atoms with van der Waals surface area (Å²) in [5.41, 5.74) is 0.845. The summed E-state index contributed by atoms with van der Waals surface area (Å²) in [4.78, 5) is 12.1. The van der Waals surface area contributed by atoms with E-state index in [-0.39, 0.29) is 5.91 Å². The van der Waals surface area contributed by atoms with Gasteiger partial charge in [-0.1, -0.05) is 48.5 Å². The minimum Gasteiger partial charge on any atom is -0.476 e. The molecule has 0 aliphatic heterocycles. The Morgan fingerprint density at radius 1 is 1.05 bits per heavy atom. The first-order chi connectivity index (χ1) is 9.31. The van der Waals surface area contributed by atoms with Gasteiger partial charge in [-0.15, -0.1) is 0 Å². The number of carbonyl (C=O) groups excluding carboxylic acids is 1. The van der Waals surface area contributed by atoms with Crippen LogP contribution in [0.15, 0.2) is 60.7 Å². The largest absolute Gasteiger partial charge is 0.476 e. The Bertz CT molecular complexity index is 511. The molecule has 98 valence electrons. The van der Waals surface area contributed by atoms with Gasteiger partial charge in [0, 0.05) is 12.1 Å². The molecule has 1 atom stereocenters. The van der Waals surface area contributed by atoms with Crippen LogP contribution in [0.1, 0.15) is 18.6 Å². The van der Waals surface area contributed by atoms with Crippen molar-refractivity contribution in [3.63, 3.8) is 0 Å². The fourth-order valence-electron chi connectivity index (χ4n) is 1.80. The Labute approximate surface area is 113 Å². The second-order valence-corrected chi connectivity index (χ2v) is 4.12. The summed E-state index contributed by atoms with van der Waals surface area (Å²) in [7, 11) is 0. The lowest BCUT2D eigenvalue weighted by Gasteiger charge is -2.18. The maximum atomic E-state index is 12.1. The molecule has 0 aromatic heterocycles. The highest BCUT2D eigenvalue weighted by molar-refractivity contribution is 5.82. The zero-order valence-electron chi connectivity index (χ0n) is 10.9. The molecule has 0 aliphatic carbocycles. The van der Waals surface area contributed by atoms with E-state index in [9.17, 15) is 4.79 Å². The van der Waals surface area contributed by atoms with Gasteiger partial charge in [0.15, 0.2) is 0 Å². The fourth-order valence-corrected chi connectivity index (χ4v) is 1.80. The number of benzene rings is 2. The minimum atomic E-state index is -0.622. The van der Waals surface area contributed by atoms with Gasteiger partial charge in [0.2, 0.25) is 6.10 Å². The smallest absolute Gasteiger partial charge is 0.265 e. The molecular weight excluding hydrogens is 238 g/mol. The predicted octanol–water partition coefficient (Wildman–Crippen LogP) is 2.94. The molecule has 2 rings (SSSR count). The highest BCUT2D eigenvalue weighted by Crippen LogP contribution is 2.21. The van der Waals surface area contributed by atoms with Gasteiger partial charge in [-0.3, -0.25) is 4.79 Å². The Kier molecular flexibility index (Phi) is 4.56. The average molecular weight is 255 g/mol. The lowest BCUT2D eigenvalue weighted by Crippen LogP contribution is -2.32. The number of hydrogen-bond donors (Lipinski definition) is 1. The van der Waals surface area contributed by atoms with Gasteiger partial charge < -0.3 is 10.1 Å². The standard InChI is InChI=1S/C16H17NO2/c1-2-17-16(18)15(13-9-5-3-6-10-13)19-14-11-7-4-8-12-14/h3-12,15H,2H2,1H3,(H,17,18). The Hall–Kier alpha value is -2.29. The first kappa shape index (κ1) is 13.1. The minimum absolute atomic E-state index is 0.127. The van der Waals surface area contributed by atoms with Crippen LogP contribution in [0.4, 0.5) is 0 Å². The molecule has 0 radical (unpaired) electrons. The van der Waals surface area contributed by atoms with Gasteiger partial charge in [-0.05, 0) is 19.1 Å². The van der Waals surface area contributed by atoms with Crippen molar-refractivity contribution in [1.82, 2.24) is 5.32 Å². The van der Waals surface area contributed by atoms with E-state index in [2.05, 4.69) is 5.32 Å². The second-order valence-electron chi connectivity index (χ2n) is 4.12. The Morgan fingerprint density at radius 3 is 2.21 bits per heavy atom. The topological polar surface area (TPSA) is 38.3 Å². The normalized spacial score (nSPS) is 11.6. The van der Waals surface area contributed by atoms with Crippen molar-refractivity contribution in [3.8, 4) is 5.75 Å². The number of ether oxygens (including phenoxy) is 1. The number of para-hydroxylation sites is 1. The number of rotatable bonds is 5. The first-order valence-corrected chi connectivity index (χ1v) is 6.35.